The SMILES string of the molecule is O=S(=O)(NC1CCCCCC1O)c1cc(Br)sc1Br. The molecule has 1 fully saturated rings. The summed E-state index contributed by atoms with van der Waals surface area (Å²) < 4.78 is 28.6. The van der Waals surface area contributed by atoms with Gasteiger partial charge in [-0.05, 0) is 50.8 Å². The van der Waals surface area contributed by atoms with Crippen LogP contribution in [0.5, 0.6) is 0 Å². The van der Waals surface area contributed by atoms with Gasteiger partial charge in [0.1, 0.15) is 4.90 Å². The van der Waals surface area contributed by atoms with Gasteiger partial charge in [-0.15, -0.1) is 11.3 Å². The second kappa shape index (κ2) is 6.53. The molecule has 1 aromatic rings. The molecule has 8 heteroatoms. The number of thiophene rings is 1. The van der Waals surface area contributed by atoms with Crippen molar-refractivity contribution in [3.8, 4) is 0 Å². The fraction of sp³-hybridized carbons (Fsp3) is 0.636. The molecule has 0 saturated heterocycles. The van der Waals surface area contributed by atoms with Crippen LogP contribution >= 0.6 is 43.2 Å². The lowest BCUT2D eigenvalue weighted by molar-refractivity contribution is 0.130. The van der Waals surface area contributed by atoms with Crippen molar-refractivity contribution in [3.05, 3.63) is 13.6 Å². The first kappa shape index (κ1) is 15.9. The average Bonchev–Trinajstić information content (AvgIpc) is 2.54. The molecule has 1 aliphatic rings. The van der Waals surface area contributed by atoms with E-state index in [1.54, 1.807) is 6.07 Å². The maximum Gasteiger partial charge on any atom is 0.242 e. The Bertz CT molecular complexity index is 544. The van der Waals surface area contributed by atoms with Gasteiger partial charge in [-0.1, -0.05) is 19.3 Å². The molecular formula is C11H15Br2NO3S2. The van der Waals surface area contributed by atoms with E-state index >= 15 is 0 Å². The fourth-order valence-corrected chi connectivity index (χ4v) is 7.31. The first-order valence-corrected chi connectivity index (χ1v) is 9.94. The monoisotopic (exact) mass is 431 g/mol. The third-order valence-corrected chi connectivity index (χ3v) is 7.45. The summed E-state index contributed by atoms with van der Waals surface area (Å²) >= 11 is 7.84. The van der Waals surface area contributed by atoms with Crippen LogP contribution in [0.4, 0.5) is 0 Å². The zero-order valence-corrected chi connectivity index (χ0v) is 14.9. The summed E-state index contributed by atoms with van der Waals surface area (Å²) in [5.41, 5.74) is 0. The third-order valence-electron chi connectivity index (χ3n) is 3.20. The van der Waals surface area contributed by atoms with Crippen molar-refractivity contribution < 1.29 is 13.5 Å². The van der Waals surface area contributed by atoms with Crippen LogP contribution in [0.2, 0.25) is 0 Å². The average molecular weight is 433 g/mol. The van der Waals surface area contributed by atoms with Crippen molar-refractivity contribution in [1.29, 1.82) is 0 Å². The van der Waals surface area contributed by atoms with E-state index in [1.165, 1.54) is 11.3 Å². The highest BCUT2D eigenvalue weighted by molar-refractivity contribution is 9.12. The normalized spacial score (nSPS) is 25.2. The van der Waals surface area contributed by atoms with E-state index in [1.807, 2.05) is 0 Å². The molecule has 0 amide bonds. The minimum Gasteiger partial charge on any atom is -0.391 e. The minimum absolute atomic E-state index is 0.223. The molecule has 0 bridgehead atoms. The number of hydrogen-bond donors (Lipinski definition) is 2. The number of nitrogens with one attached hydrogen (secondary N) is 1. The molecule has 2 atom stereocenters. The van der Waals surface area contributed by atoms with Crippen molar-refractivity contribution in [3.63, 3.8) is 0 Å². The zero-order valence-electron chi connectivity index (χ0n) is 10.1. The summed E-state index contributed by atoms with van der Waals surface area (Å²) in [6, 6.07) is 1.18. The molecule has 2 rings (SSSR count). The third kappa shape index (κ3) is 4.01. The van der Waals surface area contributed by atoms with Crippen LogP contribution in [0.3, 0.4) is 0 Å². The second-order valence-electron chi connectivity index (χ2n) is 4.62. The van der Waals surface area contributed by atoms with E-state index in [4.69, 9.17) is 0 Å². The van der Waals surface area contributed by atoms with Crippen LogP contribution in [-0.2, 0) is 10.0 Å². The minimum atomic E-state index is -3.60. The molecule has 19 heavy (non-hydrogen) atoms. The van der Waals surface area contributed by atoms with Crippen molar-refractivity contribution in [2.45, 2.75) is 49.1 Å². The van der Waals surface area contributed by atoms with Crippen molar-refractivity contribution in [1.82, 2.24) is 4.72 Å². The standard InChI is InChI=1S/C11H15Br2NO3S2/c12-10-6-9(11(13)18-10)19(16,17)14-7-4-2-1-3-5-8(7)15/h6-8,14-15H,1-5H2. The number of sulfonamides is 1. The number of aliphatic hydroxyl groups excluding tert-OH is 1. The highest BCUT2D eigenvalue weighted by Gasteiger charge is 2.29. The lowest BCUT2D eigenvalue weighted by atomic mass is 10.1. The van der Waals surface area contributed by atoms with Gasteiger partial charge in [0.05, 0.1) is 13.7 Å². The maximum absolute atomic E-state index is 12.3. The van der Waals surface area contributed by atoms with Crippen LogP contribution in [0, 0.1) is 0 Å². The van der Waals surface area contributed by atoms with Crippen LogP contribution in [0.1, 0.15) is 32.1 Å². The largest absolute Gasteiger partial charge is 0.391 e. The Morgan fingerprint density at radius 2 is 1.95 bits per heavy atom. The van der Waals surface area contributed by atoms with E-state index in [2.05, 4.69) is 36.6 Å². The molecule has 1 aromatic heterocycles. The van der Waals surface area contributed by atoms with Crippen LogP contribution in [0.25, 0.3) is 0 Å². The Kier molecular flexibility index (Phi) is 5.47. The quantitative estimate of drug-likeness (QED) is 0.720. The van der Waals surface area contributed by atoms with Crippen LogP contribution in [0.15, 0.2) is 18.5 Å². The van der Waals surface area contributed by atoms with Gasteiger partial charge < -0.3 is 5.11 Å². The number of hydrogen-bond acceptors (Lipinski definition) is 4. The molecule has 2 N–H and O–H groups in total. The zero-order chi connectivity index (χ0) is 14.0. The molecule has 108 valence electrons. The first-order chi connectivity index (χ1) is 8.90. The topological polar surface area (TPSA) is 66.4 Å². The summed E-state index contributed by atoms with van der Waals surface area (Å²) in [4.78, 5) is 0.223. The fourth-order valence-electron chi connectivity index (χ4n) is 2.20. The van der Waals surface area contributed by atoms with E-state index < -0.39 is 22.2 Å². The lowest BCUT2D eigenvalue weighted by Gasteiger charge is -2.21. The van der Waals surface area contributed by atoms with Gasteiger partial charge in [0.15, 0.2) is 0 Å². The Morgan fingerprint density at radius 3 is 2.58 bits per heavy atom. The molecule has 0 aromatic carbocycles. The predicted octanol–water partition coefficient (Wildman–Crippen LogP) is 3.25. The van der Waals surface area contributed by atoms with Gasteiger partial charge in [-0.25, -0.2) is 13.1 Å². The molecule has 1 heterocycles. The predicted molar refractivity (Wildman–Crippen MR) is 82.9 cm³/mol. The van der Waals surface area contributed by atoms with E-state index in [0.29, 0.717) is 16.6 Å². The van der Waals surface area contributed by atoms with Gasteiger partial charge in [-0.2, -0.15) is 0 Å². The molecule has 1 saturated carbocycles. The Morgan fingerprint density at radius 1 is 1.26 bits per heavy atom. The highest BCUT2D eigenvalue weighted by atomic mass is 79.9. The van der Waals surface area contributed by atoms with Crippen LogP contribution in [-0.4, -0.2) is 25.7 Å². The maximum atomic E-state index is 12.3. The van der Waals surface area contributed by atoms with E-state index in [-0.39, 0.29) is 4.90 Å². The molecule has 0 radical (unpaired) electrons. The van der Waals surface area contributed by atoms with Gasteiger partial charge in [0, 0.05) is 6.04 Å². The summed E-state index contributed by atoms with van der Waals surface area (Å²) in [6.45, 7) is 0. The van der Waals surface area contributed by atoms with Gasteiger partial charge in [0.2, 0.25) is 10.0 Å². The summed E-state index contributed by atoms with van der Waals surface area (Å²) in [6.07, 6.45) is 3.68. The van der Waals surface area contributed by atoms with Crippen LogP contribution < -0.4 is 4.72 Å². The number of rotatable bonds is 3. The molecule has 4 nitrogen and oxygen atoms in total. The van der Waals surface area contributed by atoms with Crippen molar-refractivity contribution in [2.75, 3.05) is 0 Å². The molecule has 0 aliphatic heterocycles. The van der Waals surface area contributed by atoms with Crippen molar-refractivity contribution in [2.24, 2.45) is 0 Å². The highest BCUT2D eigenvalue weighted by Crippen LogP contribution is 2.35. The summed E-state index contributed by atoms with van der Waals surface area (Å²) in [5, 5.41) is 9.99. The first-order valence-electron chi connectivity index (χ1n) is 6.05. The Hall–Kier alpha value is 0.530. The number of aliphatic hydroxyl groups is 1. The smallest absolute Gasteiger partial charge is 0.242 e. The lowest BCUT2D eigenvalue weighted by Crippen LogP contribution is -2.42. The number of halogens is 2. The van der Waals surface area contributed by atoms with Gasteiger partial charge in [0.25, 0.3) is 0 Å². The molecule has 2 unspecified atom stereocenters. The van der Waals surface area contributed by atoms with Gasteiger partial charge >= 0.3 is 0 Å². The summed E-state index contributed by atoms with van der Waals surface area (Å²) in [7, 11) is -3.60. The second-order valence-corrected chi connectivity index (χ2v) is 10.1. The molecule has 0 spiro atoms. The molecule has 1 aliphatic carbocycles. The van der Waals surface area contributed by atoms with Crippen molar-refractivity contribution >= 4 is 53.2 Å². The summed E-state index contributed by atoms with van der Waals surface area (Å²) in [5.74, 6) is 0. The Labute approximate surface area is 133 Å². The van der Waals surface area contributed by atoms with Gasteiger partial charge in [-0.3, -0.25) is 0 Å². The van der Waals surface area contributed by atoms with E-state index in [9.17, 15) is 13.5 Å². The Balaban J connectivity index is 2.18. The molecular weight excluding hydrogens is 418 g/mol. The van der Waals surface area contributed by atoms with E-state index in [0.717, 1.165) is 23.0 Å².